The molecule has 2 aromatic heterocycles. The van der Waals surface area contributed by atoms with Crippen molar-refractivity contribution in [3.63, 3.8) is 0 Å². The van der Waals surface area contributed by atoms with Crippen LogP contribution in [0.4, 0.5) is 0 Å². The fourth-order valence-electron chi connectivity index (χ4n) is 1.88. The average molecular weight is 330 g/mol. The van der Waals surface area contributed by atoms with Gasteiger partial charge >= 0.3 is 0 Å². The first-order valence-corrected chi connectivity index (χ1v) is 8.27. The largest absolute Gasteiger partial charge is 0.314 e. The second kappa shape index (κ2) is 6.69. The molecule has 0 fully saturated rings. The molecule has 2 rings (SSSR count). The molecule has 0 aliphatic rings. The zero-order valence-electron chi connectivity index (χ0n) is 9.78. The first-order chi connectivity index (χ1) is 8.28. The quantitative estimate of drug-likeness (QED) is 0.831. The van der Waals surface area contributed by atoms with Crippen LogP contribution in [0.15, 0.2) is 33.4 Å². The molecular weight excluding hydrogens is 314 g/mol. The standard InChI is InChI=1S/C13H16BrNS2/c1-2-15-10(8-11-4-3-7-16-11)9-12-5-6-13(14)17-12/h3-7,10,15H,2,8-9H2,1H3. The summed E-state index contributed by atoms with van der Waals surface area (Å²) in [5, 5.41) is 5.73. The average Bonchev–Trinajstić information content (AvgIpc) is 2.91. The van der Waals surface area contributed by atoms with E-state index in [0.717, 1.165) is 19.4 Å². The van der Waals surface area contributed by atoms with Crippen LogP contribution in [0, 0.1) is 0 Å². The Morgan fingerprint density at radius 2 is 2.06 bits per heavy atom. The zero-order chi connectivity index (χ0) is 12.1. The maximum atomic E-state index is 3.58. The van der Waals surface area contributed by atoms with Crippen molar-refractivity contribution in [2.75, 3.05) is 6.54 Å². The summed E-state index contributed by atoms with van der Waals surface area (Å²) in [5.74, 6) is 0. The molecule has 0 bridgehead atoms. The lowest BCUT2D eigenvalue weighted by Crippen LogP contribution is -2.32. The summed E-state index contributed by atoms with van der Waals surface area (Å²) in [6.45, 7) is 3.20. The van der Waals surface area contributed by atoms with E-state index in [1.54, 1.807) is 0 Å². The van der Waals surface area contributed by atoms with E-state index in [4.69, 9.17) is 0 Å². The molecule has 2 heterocycles. The minimum Gasteiger partial charge on any atom is -0.314 e. The zero-order valence-corrected chi connectivity index (χ0v) is 13.0. The summed E-state index contributed by atoms with van der Waals surface area (Å²) >= 11 is 7.20. The third-order valence-electron chi connectivity index (χ3n) is 2.60. The van der Waals surface area contributed by atoms with E-state index in [-0.39, 0.29) is 0 Å². The highest BCUT2D eigenvalue weighted by molar-refractivity contribution is 9.11. The molecule has 92 valence electrons. The highest BCUT2D eigenvalue weighted by atomic mass is 79.9. The van der Waals surface area contributed by atoms with Crippen LogP contribution >= 0.6 is 38.6 Å². The van der Waals surface area contributed by atoms with Gasteiger partial charge in [-0.2, -0.15) is 0 Å². The Hall–Kier alpha value is -0.160. The monoisotopic (exact) mass is 329 g/mol. The van der Waals surface area contributed by atoms with Gasteiger partial charge in [-0.15, -0.1) is 22.7 Å². The van der Waals surface area contributed by atoms with Crippen LogP contribution in [-0.2, 0) is 12.8 Å². The van der Waals surface area contributed by atoms with Gasteiger partial charge in [0.05, 0.1) is 3.79 Å². The van der Waals surface area contributed by atoms with Gasteiger partial charge in [0.15, 0.2) is 0 Å². The summed E-state index contributed by atoms with van der Waals surface area (Å²) in [7, 11) is 0. The van der Waals surface area contributed by atoms with Gasteiger partial charge in [0.25, 0.3) is 0 Å². The minimum absolute atomic E-state index is 0.546. The molecule has 1 atom stereocenters. The molecule has 0 amide bonds. The smallest absolute Gasteiger partial charge is 0.0701 e. The van der Waals surface area contributed by atoms with Crippen LogP contribution in [0.1, 0.15) is 16.7 Å². The van der Waals surface area contributed by atoms with Crippen LogP contribution in [-0.4, -0.2) is 12.6 Å². The number of hydrogen-bond donors (Lipinski definition) is 1. The van der Waals surface area contributed by atoms with Gasteiger partial charge in [-0.3, -0.25) is 0 Å². The van der Waals surface area contributed by atoms with Crippen LogP contribution in [0.3, 0.4) is 0 Å². The lowest BCUT2D eigenvalue weighted by atomic mass is 10.1. The lowest BCUT2D eigenvalue weighted by molar-refractivity contribution is 0.527. The molecule has 17 heavy (non-hydrogen) atoms. The van der Waals surface area contributed by atoms with E-state index in [1.807, 2.05) is 22.7 Å². The molecular formula is C13H16BrNS2. The van der Waals surface area contributed by atoms with Crippen LogP contribution in [0.25, 0.3) is 0 Å². The second-order valence-corrected chi connectivity index (χ2v) is 7.53. The second-order valence-electron chi connectivity index (χ2n) is 3.95. The Kier molecular flexibility index (Phi) is 5.22. The maximum absolute atomic E-state index is 3.58. The lowest BCUT2D eigenvalue weighted by Gasteiger charge is -2.16. The molecule has 4 heteroatoms. The topological polar surface area (TPSA) is 12.0 Å². The number of rotatable bonds is 6. The number of nitrogens with one attached hydrogen (secondary N) is 1. The van der Waals surface area contributed by atoms with Crippen molar-refractivity contribution < 1.29 is 0 Å². The van der Waals surface area contributed by atoms with Gasteiger partial charge in [0.1, 0.15) is 0 Å². The highest BCUT2D eigenvalue weighted by Gasteiger charge is 2.11. The molecule has 0 radical (unpaired) electrons. The van der Waals surface area contributed by atoms with E-state index in [1.165, 1.54) is 13.5 Å². The number of thiophene rings is 2. The number of halogens is 1. The molecule has 0 aliphatic heterocycles. The summed E-state index contributed by atoms with van der Waals surface area (Å²) in [6, 6.07) is 9.25. The number of likely N-dealkylation sites (N-methyl/N-ethyl adjacent to an activating group) is 1. The molecule has 0 aromatic carbocycles. The molecule has 1 nitrogen and oxygen atoms in total. The van der Waals surface area contributed by atoms with Crippen molar-refractivity contribution in [1.29, 1.82) is 0 Å². The molecule has 1 N–H and O–H groups in total. The van der Waals surface area contributed by atoms with Gasteiger partial charge in [-0.05, 0) is 58.9 Å². The Morgan fingerprint density at radius 3 is 2.65 bits per heavy atom. The molecule has 2 aromatic rings. The minimum atomic E-state index is 0.546. The van der Waals surface area contributed by atoms with E-state index >= 15 is 0 Å². The van der Waals surface area contributed by atoms with Crippen molar-refractivity contribution in [2.24, 2.45) is 0 Å². The molecule has 0 aliphatic carbocycles. The van der Waals surface area contributed by atoms with E-state index < -0.39 is 0 Å². The fourth-order valence-corrected chi connectivity index (χ4v) is 4.23. The highest BCUT2D eigenvalue weighted by Crippen LogP contribution is 2.24. The van der Waals surface area contributed by atoms with E-state index in [2.05, 4.69) is 57.8 Å². The number of hydrogen-bond acceptors (Lipinski definition) is 3. The predicted octanol–water partition coefficient (Wildman–Crippen LogP) is 4.34. The van der Waals surface area contributed by atoms with Gasteiger partial charge in [-0.25, -0.2) is 0 Å². The van der Waals surface area contributed by atoms with Gasteiger partial charge in [-0.1, -0.05) is 13.0 Å². The first kappa shape index (κ1) is 13.3. The third-order valence-corrected chi connectivity index (χ3v) is 5.14. The Balaban J connectivity index is 1.97. The van der Waals surface area contributed by atoms with Crippen LogP contribution in [0.2, 0.25) is 0 Å². The first-order valence-electron chi connectivity index (χ1n) is 5.78. The van der Waals surface area contributed by atoms with Gasteiger partial charge in [0, 0.05) is 15.8 Å². The van der Waals surface area contributed by atoms with Crippen LogP contribution < -0.4 is 5.32 Å². The summed E-state index contributed by atoms with van der Waals surface area (Å²) in [5.41, 5.74) is 0. The molecule has 0 saturated carbocycles. The van der Waals surface area contributed by atoms with Crippen molar-refractivity contribution in [3.05, 3.63) is 43.2 Å². The van der Waals surface area contributed by atoms with Crippen molar-refractivity contribution in [3.8, 4) is 0 Å². The van der Waals surface area contributed by atoms with E-state index in [0.29, 0.717) is 6.04 Å². The SMILES string of the molecule is CCNC(Cc1cccs1)Cc1ccc(Br)s1. The van der Waals surface area contributed by atoms with E-state index in [9.17, 15) is 0 Å². The fraction of sp³-hybridized carbons (Fsp3) is 0.385. The summed E-state index contributed by atoms with van der Waals surface area (Å²) in [6.07, 6.45) is 2.24. The Labute approximate surface area is 119 Å². The van der Waals surface area contributed by atoms with Gasteiger partial charge in [0.2, 0.25) is 0 Å². The molecule has 1 unspecified atom stereocenters. The van der Waals surface area contributed by atoms with Crippen LogP contribution in [0.5, 0.6) is 0 Å². The predicted molar refractivity (Wildman–Crippen MR) is 81.2 cm³/mol. The van der Waals surface area contributed by atoms with Crippen molar-refractivity contribution in [2.45, 2.75) is 25.8 Å². The Bertz CT molecular complexity index is 436. The summed E-state index contributed by atoms with van der Waals surface area (Å²) < 4.78 is 1.22. The molecule has 0 saturated heterocycles. The Morgan fingerprint density at radius 1 is 1.24 bits per heavy atom. The molecule has 0 spiro atoms. The van der Waals surface area contributed by atoms with Gasteiger partial charge < -0.3 is 5.32 Å². The normalized spacial score (nSPS) is 12.8. The third kappa shape index (κ3) is 4.21. The maximum Gasteiger partial charge on any atom is 0.0701 e. The van der Waals surface area contributed by atoms with Crippen molar-refractivity contribution >= 4 is 38.6 Å². The summed E-state index contributed by atoms with van der Waals surface area (Å²) in [4.78, 5) is 2.91. The van der Waals surface area contributed by atoms with Crippen molar-refractivity contribution in [1.82, 2.24) is 5.32 Å².